The van der Waals surface area contributed by atoms with Crippen LogP contribution in [0, 0.1) is 0 Å². The number of aromatic carboxylic acids is 1. The fourth-order valence-electron chi connectivity index (χ4n) is 1.10. The molecule has 0 aliphatic carbocycles. The van der Waals surface area contributed by atoms with E-state index in [1.165, 1.54) is 5.56 Å². The lowest BCUT2D eigenvalue weighted by atomic mass is 10.1. The van der Waals surface area contributed by atoms with E-state index in [0.717, 1.165) is 12.8 Å². The van der Waals surface area contributed by atoms with Crippen molar-refractivity contribution in [2.24, 2.45) is 0 Å². The minimum absolute atomic E-state index is 0. The van der Waals surface area contributed by atoms with Crippen molar-refractivity contribution in [1.29, 1.82) is 0 Å². The van der Waals surface area contributed by atoms with E-state index in [2.05, 4.69) is 6.92 Å². The van der Waals surface area contributed by atoms with Crippen LogP contribution in [0.3, 0.4) is 0 Å². The number of halogens is 2. The van der Waals surface area contributed by atoms with Gasteiger partial charge in [-0.25, -0.2) is 4.79 Å². The fourth-order valence-corrected chi connectivity index (χ4v) is 1.10. The molecule has 1 N–H and O–H groups in total. The molecule has 0 bridgehead atoms. The van der Waals surface area contributed by atoms with Gasteiger partial charge in [0.2, 0.25) is 0 Å². The molecule has 1 rings (SSSR count). The maximum atomic E-state index is 10.5. The Balaban J connectivity index is 0. The molecule has 0 aromatic heterocycles. The molecule has 0 fully saturated rings. The van der Waals surface area contributed by atoms with Gasteiger partial charge in [-0.05, 0) is 24.1 Å². The molecule has 0 saturated carbocycles. The predicted molar refractivity (Wildman–Crippen MR) is 61.9 cm³/mol. The highest BCUT2D eigenvalue weighted by molar-refractivity contribution is 5.87. The second-order valence-corrected chi connectivity index (χ2v) is 2.75. The van der Waals surface area contributed by atoms with Gasteiger partial charge in [0.1, 0.15) is 0 Å². The van der Waals surface area contributed by atoms with Crippen LogP contribution in [0.2, 0.25) is 0 Å². The van der Waals surface area contributed by atoms with E-state index in [1.807, 2.05) is 12.1 Å². The van der Waals surface area contributed by atoms with Crippen LogP contribution in [0.15, 0.2) is 24.3 Å². The standard InChI is InChI=1S/C10H12O2.2ClH/c1-2-3-8-4-6-9(7-5-8)10(11)12;;/h4-7H,2-3H2,1H3,(H,11,12);2*1H. The van der Waals surface area contributed by atoms with E-state index in [9.17, 15) is 4.79 Å². The molecule has 0 aliphatic heterocycles. The summed E-state index contributed by atoms with van der Waals surface area (Å²) in [6, 6.07) is 7.03. The van der Waals surface area contributed by atoms with Crippen molar-refractivity contribution >= 4 is 30.8 Å². The number of hydrogen-bond acceptors (Lipinski definition) is 1. The quantitative estimate of drug-likeness (QED) is 0.876. The van der Waals surface area contributed by atoms with Gasteiger partial charge < -0.3 is 5.11 Å². The van der Waals surface area contributed by atoms with E-state index < -0.39 is 5.97 Å². The van der Waals surface area contributed by atoms with Gasteiger partial charge in [0, 0.05) is 0 Å². The maximum Gasteiger partial charge on any atom is 0.335 e. The molecular weight excluding hydrogens is 223 g/mol. The topological polar surface area (TPSA) is 37.3 Å². The van der Waals surface area contributed by atoms with Crippen LogP contribution in [0.4, 0.5) is 0 Å². The number of carboxylic acid groups (broad SMARTS) is 1. The Labute approximate surface area is 96.2 Å². The van der Waals surface area contributed by atoms with E-state index in [1.54, 1.807) is 12.1 Å². The summed E-state index contributed by atoms with van der Waals surface area (Å²) >= 11 is 0. The van der Waals surface area contributed by atoms with Gasteiger partial charge in [-0.1, -0.05) is 25.5 Å². The Morgan fingerprint density at radius 1 is 1.21 bits per heavy atom. The molecule has 1 aromatic carbocycles. The van der Waals surface area contributed by atoms with Gasteiger partial charge in [-0.15, -0.1) is 24.8 Å². The fraction of sp³-hybridized carbons (Fsp3) is 0.300. The number of rotatable bonds is 3. The average molecular weight is 237 g/mol. The van der Waals surface area contributed by atoms with Crippen molar-refractivity contribution in [1.82, 2.24) is 0 Å². The second-order valence-electron chi connectivity index (χ2n) is 2.75. The zero-order chi connectivity index (χ0) is 8.97. The van der Waals surface area contributed by atoms with Crippen molar-refractivity contribution in [3.05, 3.63) is 35.4 Å². The number of aryl methyl sites for hydroxylation is 1. The van der Waals surface area contributed by atoms with Crippen LogP contribution in [0.25, 0.3) is 0 Å². The van der Waals surface area contributed by atoms with Crippen molar-refractivity contribution < 1.29 is 9.90 Å². The Kier molecular flexibility index (Phi) is 8.60. The highest BCUT2D eigenvalue weighted by Gasteiger charge is 2.00. The highest BCUT2D eigenvalue weighted by atomic mass is 35.5. The maximum absolute atomic E-state index is 10.5. The summed E-state index contributed by atoms with van der Waals surface area (Å²) in [5.74, 6) is -0.863. The number of hydrogen-bond donors (Lipinski definition) is 1. The predicted octanol–water partition coefficient (Wildman–Crippen LogP) is 3.18. The van der Waals surface area contributed by atoms with Gasteiger partial charge in [-0.2, -0.15) is 0 Å². The normalized spacial score (nSPS) is 8.36. The molecule has 1 aromatic rings. The van der Waals surface area contributed by atoms with Crippen molar-refractivity contribution in [2.75, 3.05) is 0 Å². The highest BCUT2D eigenvalue weighted by Crippen LogP contribution is 2.06. The Morgan fingerprint density at radius 2 is 1.71 bits per heavy atom. The molecule has 0 atom stereocenters. The Morgan fingerprint density at radius 3 is 2.07 bits per heavy atom. The molecule has 14 heavy (non-hydrogen) atoms. The smallest absolute Gasteiger partial charge is 0.335 e. The SMILES string of the molecule is CCCc1ccc(C(=O)O)cc1.Cl.Cl. The lowest BCUT2D eigenvalue weighted by Crippen LogP contribution is -1.95. The minimum atomic E-state index is -0.863. The third kappa shape index (κ3) is 4.49. The number of carbonyl (C=O) groups is 1. The van der Waals surface area contributed by atoms with Gasteiger partial charge in [-0.3, -0.25) is 0 Å². The second kappa shape index (κ2) is 7.65. The van der Waals surface area contributed by atoms with Gasteiger partial charge in [0.25, 0.3) is 0 Å². The van der Waals surface area contributed by atoms with Crippen molar-refractivity contribution in [3.8, 4) is 0 Å². The summed E-state index contributed by atoms with van der Waals surface area (Å²) < 4.78 is 0. The largest absolute Gasteiger partial charge is 0.478 e. The third-order valence-electron chi connectivity index (χ3n) is 1.74. The van der Waals surface area contributed by atoms with Gasteiger partial charge in [0.05, 0.1) is 5.56 Å². The van der Waals surface area contributed by atoms with Crippen LogP contribution in [-0.4, -0.2) is 11.1 Å². The molecule has 0 unspecified atom stereocenters. The first-order valence-electron chi connectivity index (χ1n) is 4.06. The summed E-state index contributed by atoms with van der Waals surface area (Å²) in [4.78, 5) is 10.5. The van der Waals surface area contributed by atoms with E-state index in [4.69, 9.17) is 5.11 Å². The van der Waals surface area contributed by atoms with Gasteiger partial charge >= 0.3 is 5.97 Å². The molecule has 0 heterocycles. The molecule has 0 radical (unpaired) electrons. The first kappa shape index (κ1) is 15.7. The van der Waals surface area contributed by atoms with Gasteiger partial charge in [0.15, 0.2) is 0 Å². The summed E-state index contributed by atoms with van der Waals surface area (Å²) in [5.41, 5.74) is 1.55. The summed E-state index contributed by atoms with van der Waals surface area (Å²) in [6.45, 7) is 2.10. The lowest BCUT2D eigenvalue weighted by molar-refractivity contribution is 0.0697. The van der Waals surface area contributed by atoms with Crippen molar-refractivity contribution in [3.63, 3.8) is 0 Å². The summed E-state index contributed by atoms with van der Waals surface area (Å²) in [5, 5.41) is 8.61. The molecule has 0 amide bonds. The first-order valence-corrected chi connectivity index (χ1v) is 4.06. The van der Waals surface area contributed by atoms with Crippen LogP contribution in [-0.2, 0) is 6.42 Å². The van der Waals surface area contributed by atoms with Crippen LogP contribution < -0.4 is 0 Å². The average Bonchev–Trinajstić information content (AvgIpc) is 2.06. The Bertz CT molecular complexity index is 270. The zero-order valence-electron chi connectivity index (χ0n) is 7.90. The molecule has 2 nitrogen and oxygen atoms in total. The number of carboxylic acids is 1. The molecule has 0 spiro atoms. The van der Waals surface area contributed by atoms with E-state index >= 15 is 0 Å². The van der Waals surface area contributed by atoms with Crippen LogP contribution >= 0.6 is 24.8 Å². The lowest BCUT2D eigenvalue weighted by Gasteiger charge is -1.98. The minimum Gasteiger partial charge on any atom is -0.478 e. The zero-order valence-corrected chi connectivity index (χ0v) is 9.53. The number of benzene rings is 1. The molecule has 0 saturated heterocycles. The molecular formula is C10H14Cl2O2. The molecule has 80 valence electrons. The summed E-state index contributed by atoms with van der Waals surface area (Å²) in [6.07, 6.45) is 2.10. The van der Waals surface area contributed by atoms with Crippen LogP contribution in [0.5, 0.6) is 0 Å². The Hall–Kier alpha value is -0.730. The van der Waals surface area contributed by atoms with Crippen molar-refractivity contribution in [2.45, 2.75) is 19.8 Å². The van der Waals surface area contributed by atoms with E-state index in [0.29, 0.717) is 5.56 Å². The molecule has 0 aliphatic rings. The van der Waals surface area contributed by atoms with Crippen LogP contribution in [0.1, 0.15) is 29.3 Å². The molecule has 4 heteroatoms. The van der Waals surface area contributed by atoms with E-state index in [-0.39, 0.29) is 24.8 Å². The first-order chi connectivity index (χ1) is 5.74. The third-order valence-corrected chi connectivity index (χ3v) is 1.74. The summed E-state index contributed by atoms with van der Waals surface area (Å²) in [7, 11) is 0. The monoisotopic (exact) mass is 236 g/mol.